The second kappa shape index (κ2) is 8.95. The fourth-order valence-electron chi connectivity index (χ4n) is 3.03. The molecule has 0 spiro atoms. The number of nitrogens with zero attached hydrogens (tertiary/aromatic N) is 2. The average Bonchev–Trinajstić information content (AvgIpc) is 2.74. The lowest BCUT2D eigenvalue weighted by atomic mass is 9.87. The number of benzene rings is 2. The summed E-state index contributed by atoms with van der Waals surface area (Å²) in [5.41, 5.74) is 3.09. The van der Waals surface area contributed by atoms with E-state index in [-0.39, 0.29) is 16.9 Å². The van der Waals surface area contributed by atoms with Crippen molar-refractivity contribution in [1.82, 2.24) is 14.9 Å². The predicted octanol–water partition coefficient (Wildman–Crippen LogP) is 3.65. The molecule has 0 unspecified atom stereocenters. The minimum absolute atomic E-state index is 0.0428. The first-order valence-electron chi connectivity index (χ1n) is 9.87. The highest BCUT2D eigenvalue weighted by atomic mass is 16.5. The normalized spacial score (nSPS) is 11.2. The lowest BCUT2D eigenvalue weighted by molar-refractivity contribution is 0.0952. The zero-order valence-electron chi connectivity index (χ0n) is 17.8. The van der Waals surface area contributed by atoms with Crippen LogP contribution in [0.4, 0.5) is 0 Å². The molecule has 3 rings (SSSR count). The van der Waals surface area contributed by atoms with Gasteiger partial charge >= 0.3 is 0 Å². The number of carbonyl (C=O) groups excluding carboxylic acids is 1. The van der Waals surface area contributed by atoms with Crippen molar-refractivity contribution in [2.75, 3.05) is 13.7 Å². The Balaban J connectivity index is 1.59. The lowest BCUT2D eigenvalue weighted by Gasteiger charge is -2.19. The fraction of sp³-hybridized carbons (Fsp3) is 0.292. The summed E-state index contributed by atoms with van der Waals surface area (Å²) in [6.07, 6.45) is 1.51. The molecule has 0 saturated heterocycles. The highest BCUT2D eigenvalue weighted by Gasteiger charge is 2.14. The molecule has 2 aromatic carbocycles. The third-order valence-electron chi connectivity index (χ3n) is 4.92. The van der Waals surface area contributed by atoms with Crippen LogP contribution in [0.3, 0.4) is 0 Å². The van der Waals surface area contributed by atoms with Crippen molar-refractivity contribution >= 4 is 5.91 Å². The van der Waals surface area contributed by atoms with E-state index in [2.05, 4.69) is 31.1 Å². The smallest absolute Gasteiger partial charge is 0.253 e. The van der Waals surface area contributed by atoms with Gasteiger partial charge in [-0.2, -0.15) is 0 Å². The van der Waals surface area contributed by atoms with Crippen LogP contribution in [-0.2, 0) is 12.0 Å². The van der Waals surface area contributed by atoms with Gasteiger partial charge in [-0.15, -0.1) is 0 Å². The largest absolute Gasteiger partial charge is 0.497 e. The van der Waals surface area contributed by atoms with Crippen LogP contribution in [0.15, 0.2) is 65.7 Å². The number of rotatable bonds is 6. The minimum Gasteiger partial charge on any atom is -0.497 e. The first kappa shape index (κ1) is 21.3. The molecule has 0 radical (unpaired) electrons. The van der Waals surface area contributed by atoms with Crippen molar-refractivity contribution in [1.29, 1.82) is 0 Å². The van der Waals surface area contributed by atoms with Gasteiger partial charge in [0.15, 0.2) is 0 Å². The number of carbonyl (C=O) groups is 1. The molecule has 6 heteroatoms. The van der Waals surface area contributed by atoms with E-state index in [1.54, 1.807) is 7.11 Å². The van der Waals surface area contributed by atoms with Crippen molar-refractivity contribution in [3.05, 3.63) is 82.4 Å². The van der Waals surface area contributed by atoms with E-state index in [4.69, 9.17) is 4.74 Å². The first-order valence-corrected chi connectivity index (χ1v) is 9.87. The number of amides is 1. The van der Waals surface area contributed by atoms with E-state index >= 15 is 0 Å². The maximum atomic E-state index is 12.4. The summed E-state index contributed by atoms with van der Waals surface area (Å²) in [5, 5.41) is 2.85. The maximum Gasteiger partial charge on any atom is 0.253 e. The van der Waals surface area contributed by atoms with Gasteiger partial charge in [0, 0.05) is 30.3 Å². The number of hydrogen-bond acceptors (Lipinski definition) is 4. The molecule has 3 aromatic rings. The topological polar surface area (TPSA) is 73.2 Å². The van der Waals surface area contributed by atoms with Gasteiger partial charge < -0.3 is 10.1 Å². The Bertz CT molecular complexity index is 1060. The molecule has 0 aliphatic carbocycles. The zero-order chi connectivity index (χ0) is 21.7. The summed E-state index contributed by atoms with van der Waals surface area (Å²) in [4.78, 5) is 29.1. The van der Waals surface area contributed by atoms with Crippen LogP contribution < -0.4 is 15.6 Å². The van der Waals surface area contributed by atoms with E-state index in [9.17, 15) is 9.59 Å². The molecular weight excluding hydrogens is 378 g/mol. The lowest BCUT2D eigenvalue weighted by Crippen LogP contribution is -2.30. The van der Waals surface area contributed by atoms with Gasteiger partial charge in [0.05, 0.1) is 19.1 Å². The van der Waals surface area contributed by atoms with Crippen LogP contribution in [0.1, 0.15) is 36.7 Å². The zero-order valence-corrected chi connectivity index (χ0v) is 17.8. The number of aromatic nitrogens is 2. The number of methoxy groups -OCH3 is 1. The summed E-state index contributed by atoms with van der Waals surface area (Å²) in [5.74, 6) is 0.585. The van der Waals surface area contributed by atoms with Crippen LogP contribution in [0.5, 0.6) is 5.75 Å². The van der Waals surface area contributed by atoms with Gasteiger partial charge in [-0.25, -0.2) is 4.98 Å². The van der Waals surface area contributed by atoms with Gasteiger partial charge in [-0.3, -0.25) is 14.2 Å². The van der Waals surface area contributed by atoms with E-state index in [1.807, 2.05) is 48.5 Å². The van der Waals surface area contributed by atoms with Crippen LogP contribution in [0.2, 0.25) is 0 Å². The monoisotopic (exact) mass is 405 g/mol. The van der Waals surface area contributed by atoms with Gasteiger partial charge in [0.2, 0.25) is 0 Å². The Morgan fingerprint density at radius 1 is 1.07 bits per heavy atom. The van der Waals surface area contributed by atoms with Crippen LogP contribution in [0.25, 0.3) is 11.3 Å². The Kier molecular flexibility index (Phi) is 6.35. The molecule has 30 heavy (non-hydrogen) atoms. The van der Waals surface area contributed by atoms with Crippen molar-refractivity contribution in [3.63, 3.8) is 0 Å². The molecule has 0 fully saturated rings. The molecule has 156 valence electrons. The number of hydrogen-bond donors (Lipinski definition) is 1. The SMILES string of the molecule is COc1ccc(-c2cc(=O)n(CCNC(=O)c3ccc(C(C)(C)C)cc3)cn2)cc1. The first-order chi connectivity index (χ1) is 14.3. The molecule has 1 heterocycles. The van der Waals surface area contributed by atoms with Crippen LogP contribution >= 0.6 is 0 Å². The van der Waals surface area contributed by atoms with E-state index < -0.39 is 0 Å². The second-order valence-electron chi connectivity index (χ2n) is 8.12. The maximum absolute atomic E-state index is 12.4. The van der Waals surface area contributed by atoms with Gasteiger partial charge in [0.1, 0.15) is 5.75 Å². The highest BCUT2D eigenvalue weighted by Crippen LogP contribution is 2.22. The van der Waals surface area contributed by atoms with Crippen LogP contribution in [0, 0.1) is 0 Å². The van der Waals surface area contributed by atoms with Crippen molar-refractivity contribution < 1.29 is 9.53 Å². The van der Waals surface area contributed by atoms with Gasteiger partial charge in [-0.1, -0.05) is 32.9 Å². The molecule has 1 N–H and O–H groups in total. The minimum atomic E-state index is -0.167. The van der Waals surface area contributed by atoms with Crippen molar-refractivity contribution in [2.24, 2.45) is 0 Å². The Morgan fingerprint density at radius 3 is 2.30 bits per heavy atom. The molecule has 0 saturated carbocycles. The third-order valence-corrected chi connectivity index (χ3v) is 4.92. The Hall–Kier alpha value is -3.41. The summed E-state index contributed by atoms with van der Waals surface area (Å²) in [6.45, 7) is 7.08. The standard InChI is InChI=1S/C24H27N3O3/c1-24(2,3)19-9-5-18(6-10-19)23(29)25-13-14-27-16-26-21(15-22(27)28)17-7-11-20(30-4)12-8-17/h5-12,15-16H,13-14H2,1-4H3,(H,25,29). The Morgan fingerprint density at radius 2 is 1.73 bits per heavy atom. The molecular formula is C24H27N3O3. The summed E-state index contributed by atoms with van der Waals surface area (Å²) in [7, 11) is 1.61. The second-order valence-corrected chi connectivity index (χ2v) is 8.12. The molecule has 1 amide bonds. The molecule has 0 aliphatic heterocycles. The molecule has 0 atom stereocenters. The van der Waals surface area contributed by atoms with E-state index in [0.29, 0.717) is 24.3 Å². The summed E-state index contributed by atoms with van der Waals surface area (Å²) >= 11 is 0. The molecule has 6 nitrogen and oxygen atoms in total. The molecule has 0 aliphatic rings. The number of nitrogens with one attached hydrogen (secondary N) is 1. The van der Waals surface area contributed by atoms with Crippen molar-refractivity contribution in [2.45, 2.75) is 32.7 Å². The van der Waals surface area contributed by atoms with Crippen molar-refractivity contribution in [3.8, 4) is 17.0 Å². The number of ether oxygens (including phenoxy) is 1. The predicted molar refractivity (Wildman–Crippen MR) is 118 cm³/mol. The van der Waals surface area contributed by atoms with E-state index in [0.717, 1.165) is 11.3 Å². The Labute approximate surface area is 176 Å². The third kappa shape index (κ3) is 5.14. The summed E-state index contributed by atoms with van der Waals surface area (Å²) < 4.78 is 6.63. The highest BCUT2D eigenvalue weighted by molar-refractivity contribution is 5.94. The summed E-state index contributed by atoms with van der Waals surface area (Å²) in [6, 6.07) is 16.5. The van der Waals surface area contributed by atoms with Gasteiger partial charge in [0.25, 0.3) is 11.5 Å². The average molecular weight is 405 g/mol. The van der Waals surface area contributed by atoms with E-state index in [1.165, 1.54) is 22.5 Å². The van der Waals surface area contributed by atoms with Crippen LogP contribution in [-0.4, -0.2) is 29.1 Å². The quantitative estimate of drug-likeness (QED) is 0.679. The van der Waals surface area contributed by atoms with Gasteiger partial charge in [-0.05, 0) is 47.4 Å². The molecule has 0 bridgehead atoms. The fourth-order valence-corrected chi connectivity index (χ4v) is 3.03. The molecule has 1 aromatic heterocycles.